The molecule has 1 saturated heterocycles. The van der Waals surface area contributed by atoms with Gasteiger partial charge in [-0.15, -0.1) is 12.4 Å². The first-order valence-corrected chi connectivity index (χ1v) is 7.32. The van der Waals surface area contributed by atoms with Crippen LogP contribution in [0, 0.1) is 5.82 Å². The lowest BCUT2D eigenvalue weighted by atomic mass is 9.84. The third-order valence-electron chi connectivity index (χ3n) is 3.79. The monoisotopic (exact) mass is 350 g/mol. The molecule has 2 unspecified atom stereocenters. The summed E-state index contributed by atoms with van der Waals surface area (Å²) in [6, 6.07) is 3.91. The second kappa shape index (κ2) is 7.59. The van der Waals surface area contributed by atoms with Gasteiger partial charge in [0.2, 0.25) is 5.91 Å². The summed E-state index contributed by atoms with van der Waals surface area (Å²) in [5.41, 5.74) is 0.364. The van der Waals surface area contributed by atoms with E-state index in [1.54, 1.807) is 6.07 Å². The van der Waals surface area contributed by atoms with Gasteiger partial charge in [-0.05, 0) is 24.1 Å². The van der Waals surface area contributed by atoms with Crippen molar-refractivity contribution in [3.05, 3.63) is 34.6 Å². The number of carbonyl (C=O) groups excluding carboxylic acids is 1. The van der Waals surface area contributed by atoms with Crippen LogP contribution in [0.4, 0.5) is 4.39 Å². The standard InChI is InChI=1S/C15H20ClFN2O2.ClH/c1-15(2,11-4-3-9(17)5-12(11)16)8-19-14(21)13-6-10(20)7-18-13;/h3-5,10,13,18,20H,6-8H2,1-2H3,(H,19,21);1H. The Morgan fingerprint density at radius 1 is 1.55 bits per heavy atom. The van der Waals surface area contributed by atoms with Crippen LogP contribution in [0.3, 0.4) is 0 Å². The molecule has 7 heteroatoms. The molecule has 0 saturated carbocycles. The fraction of sp³-hybridized carbons (Fsp3) is 0.533. The Morgan fingerprint density at radius 2 is 2.23 bits per heavy atom. The minimum absolute atomic E-state index is 0. The number of aliphatic hydroxyl groups is 1. The van der Waals surface area contributed by atoms with Crippen molar-refractivity contribution in [3.8, 4) is 0 Å². The Kier molecular flexibility index (Phi) is 6.62. The van der Waals surface area contributed by atoms with Gasteiger partial charge in [0.15, 0.2) is 0 Å². The first-order chi connectivity index (χ1) is 9.79. The predicted molar refractivity (Wildman–Crippen MR) is 87.1 cm³/mol. The molecule has 0 radical (unpaired) electrons. The lowest BCUT2D eigenvalue weighted by molar-refractivity contribution is -0.123. The molecule has 0 spiro atoms. The molecule has 1 fully saturated rings. The van der Waals surface area contributed by atoms with E-state index in [0.29, 0.717) is 24.5 Å². The summed E-state index contributed by atoms with van der Waals surface area (Å²) in [5.74, 6) is -0.523. The minimum atomic E-state index is -0.472. The van der Waals surface area contributed by atoms with Gasteiger partial charge < -0.3 is 15.7 Å². The van der Waals surface area contributed by atoms with E-state index in [9.17, 15) is 14.3 Å². The van der Waals surface area contributed by atoms with E-state index in [1.165, 1.54) is 12.1 Å². The van der Waals surface area contributed by atoms with E-state index < -0.39 is 11.5 Å². The summed E-state index contributed by atoms with van der Waals surface area (Å²) in [6.07, 6.45) is -0.0517. The van der Waals surface area contributed by atoms with Crippen LogP contribution in [0.5, 0.6) is 0 Å². The normalized spacial score (nSPS) is 21.3. The lowest BCUT2D eigenvalue weighted by Gasteiger charge is -2.27. The molecule has 1 aromatic rings. The van der Waals surface area contributed by atoms with Gasteiger partial charge in [0.1, 0.15) is 5.82 Å². The van der Waals surface area contributed by atoms with Crippen molar-refractivity contribution in [1.29, 1.82) is 0 Å². The van der Waals surface area contributed by atoms with Gasteiger partial charge in [-0.25, -0.2) is 4.39 Å². The Bertz CT molecular complexity index is 540. The average molecular weight is 351 g/mol. The van der Waals surface area contributed by atoms with Gasteiger partial charge in [-0.3, -0.25) is 4.79 Å². The molecule has 2 atom stereocenters. The van der Waals surface area contributed by atoms with Crippen molar-refractivity contribution < 1.29 is 14.3 Å². The summed E-state index contributed by atoms with van der Waals surface area (Å²) >= 11 is 6.08. The second-order valence-corrected chi connectivity index (χ2v) is 6.48. The fourth-order valence-corrected chi connectivity index (χ4v) is 2.90. The van der Waals surface area contributed by atoms with Crippen LogP contribution in [0.15, 0.2) is 18.2 Å². The van der Waals surface area contributed by atoms with Crippen LogP contribution < -0.4 is 10.6 Å². The number of aliphatic hydroxyl groups excluding tert-OH is 1. The van der Waals surface area contributed by atoms with Crippen LogP contribution in [-0.4, -0.2) is 36.2 Å². The number of carbonyl (C=O) groups is 1. The van der Waals surface area contributed by atoms with E-state index in [2.05, 4.69) is 10.6 Å². The highest BCUT2D eigenvalue weighted by molar-refractivity contribution is 6.31. The molecular formula is C15H21Cl2FN2O2. The maximum absolute atomic E-state index is 13.1. The van der Waals surface area contributed by atoms with Gasteiger partial charge in [-0.2, -0.15) is 0 Å². The number of hydrogen-bond donors (Lipinski definition) is 3. The molecule has 3 N–H and O–H groups in total. The molecule has 124 valence electrons. The van der Waals surface area contributed by atoms with Crippen LogP contribution in [0.1, 0.15) is 25.8 Å². The summed E-state index contributed by atoms with van der Waals surface area (Å²) in [6.45, 7) is 4.68. The van der Waals surface area contributed by atoms with E-state index >= 15 is 0 Å². The van der Waals surface area contributed by atoms with Crippen molar-refractivity contribution in [3.63, 3.8) is 0 Å². The van der Waals surface area contributed by atoms with Crippen LogP contribution in [0.2, 0.25) is 5.02 Å². The predicted octanol–water partition coefficient (Wildman–Crippen LogP) is 2.02. The van der Waals surface area contributed by atoms with E-state index in [1.807, 2.05) is 13.8 Å². The molecule has 1 aromatic carbocycles. The molecule has 0 aliphatic carbocycles. The summed E-state index contributed by atoms with van der Waals surface area (Å²) in [7, 11) is 0. The Balaban J connectivity index is 0.00000242. The van der Waals surface area contributed by atoms with Gasteiger partial charge in [0, 0.05) is 23.5 Å². The molecule has 1 heterocycles. The average Bonchev–Trinajstić information content (AvgIpc) is 2.82. The highest BCUT2D eigenvalue weighted by Crippen LogP contribution is 2.30. The van der Waals surface area contributed by atoms with Crippen molar-refractivity contribution >= 4 is 29.9 Å². The van der Waals surface area contributed by atoms with Crippen molar-refractivity contribution in [2.45, 2.75) is 37.8 Å². The first kappa shape index (κ1) is 19.2. The van der Waals surface area contributed by atoms with Crippen molar-refractivity contribution in [2.24, 2.45) is 0 Å². The molecule has 22 heavy (non-hydrogen) atoms. The molecule has 1 amide bonds. The highest BCUT2D eigenvalue weighted by Gasteiger charge is 2.30. The third-order valence-corrected chi connectivity index (χ3v) is 4.10. The molecule has 1 aliphatic rings. The topological polar surface area (TPSA) is 61.4 Å². The lowest BCUT2D eigenvalue weighted by Crippen LogP contribution is -2.45. The zero-order valence-electron chi connectivity index (χ0n) is 12.5. The van der Waals surface area contributed by atoms with E-state index in [-0.39, 0.29) is 30.2 Å². The summed E-state index contributed by atoms with van der Waals surface area (Å²) < 4.78 is 13.1. The van der Waals surface area contributed by atoms with Gasteiger partial charge in [0.05, 0.1) is 12.1 Å². The van der Waals surface area contributed by atoms with Crippen molar-refractivity contribution in [2.75, 3.05) is 13.1 Å². The maximum atomic E-state index is 13.1. The van der Waals surface area contributed by atoms with Crippen LogP contribution in [-0.2, 0) is 10.2 Å². The minimum Gasteiger partial charge on any atom is -0.392 e. The summed E-state index contributed by atoms with van der Waals surface area (Å²) in [5, 5.41) is 15.6. The zero-order chi connectivity index (χ0) is 15.6. The Morgan fingerprint density at radius 3 is 2.77 bits per heavy atom. The number of amides is 1. The number of benzene rings is 1. The quantitative estimate of drug-likeness (QED) is 0.778. The SMILES string of the molecule is CC(C)(CNC(=O)C1CC(O)CN1)c1ccc(F)cc1Cl.Cl. The molecule has 4 nitrogen and oxygen atoms in total. The number of hydrogen-bond acceptors (Lipinski definition) is 3. The number of nitrogens with one attached hydrogen (secondary N) is 2. The molecular weight excluding hydrogens is 330 g/mol. The second-order valence-electron chi connectivity index (χ2n) is 6.08. The van der Waals surface area contributed by atoms with Gasteiger partial charge in [0.25, 0.3) is 0 Å². The van der Waals surface area contributed by atoms with E-state index in [0.717, 1.165) is 5.56 Å². The highest BCUT2D eigenvalue weighted by atomic mass is 35.5. The molecule has 0 aromatic heterocycles. The van der Waals surface area contributed by atoms with Crippen molar-refractivity contribution in [1.82, 2.24) is 10.6 Å². The molecule has 0 bridgehead atoms. The number of rotatable bonds is 4. The smallest absolute Gasteiger partial charge is 0.237 e. The number of β-amino-alcohol motifs (C(OH)–C–C–N with tert-alkyl or cyclic N) is 1. The van der Waals surface area contributed by atoms with Crippen LogP contribution >= 0.6 is 24.0 Å². The fourth-order valence-electron chi connectivity index (χ4n) is 2.48. The maximum Gasteiger partial charge on any atom is 0.237 e. The third kappa shape index (κ3) is 4.56. The van der Waals surface area contributed by atoms with E-state index in [4.69, 9.17) is 11.6 Å². The number of halogens is 3. The van der Waals surface area contributed by atoms with Gasteiger partial charge >= 0.3 is 0 Å². The molecule has 1 aliphatic heterocycles. The molecule has 2 rings (SSSR count). The Hall–Kier alpha value is -0.880. The summed E-state index contributed by atoms with van der Waals surface area (Å²) in [4.78, 5) is 12.0. The first-order valence-electron chi connectivity index (χ1n) is 6.94. The Labute approximate surface area is 140 Å². The zero-order valence-corrected chi connectivity index (χ0v) is 14.1. The van der Waals surface area contributed by atoms with Crippen LogP contribution in [0.25, 0.3) is 0 Å². The largest absolute Gasteiger partial charge is 0.392 e. The van der Waals surface area contributed by atoms with Gasteiger partial charge in [-0.1, -0.05) is 31.5 Å².